The molecule has 1 aromatic heterocycles. The molecule has 0 saturated carbocycles. The van der Waals surface area contributed by atoms with Crippen LogP contribution < -0.4 is 5.32 Å². The molecule has 0 aliphatic carbocycles. The van der Waals surface area contributed by atoms with Gasteiger partial charge in [0, 0.05) is 29.2 Å². The van der Waals surface area contributed by atoms with Crippen molar-refractivity contribution < 1.29 is 13.2 Å². The van der Waals surface area contributed by atoms with Gasteiger partial charge >= 0.3 is 0 Å². The molecule has 1 nitrogen and oxygen atoms in total. The lowest BCUT2D eigenvalue weighted by atomic mass is 10.2. The number of anilines is 1. The monoisotopic (exact) mass is 243 g/mol. The Kier molecular flexibility index (Phi) is 3.14. The fraction of sp³-hybridized carbons (Fsp3) is 0.0909. The van der Waals surface area contributed by atoms with E-state index in [4.69, 9.17) is 0 Å². The lowest BCUT2D eigenvalue weighted by Crippen LogP contribution is -2.02. The van der Waals surface area contributed by atoms with Crippen LogP contribution in [0.15, 0.2) is 29.0 Å². The van der Waals surface area contributed by atoms with E-state index in [1.165, 1.54) is 11.3 Å². The standard InChI is InChI=1S/C11H8F3NS/c12-9-4-11(14)10(13)3-7(9)5-15-8-1-2-16-6-8/h1-4,6,15H,5H2. The van der Waals surface area contributed by atoms with Crippen molar-refractivity contribution >= 4 is 17.0 Å². The van der Waals surface area contributed by atoms with Gasteiger partial charge in [-0.25, -0.2) is 13.2 Å². The lowest BCUT2D eigenvalue weighted by molar-refractivity contribution is 0.490. The summed E-state index contributed by atoms with van der Waals surface area (Å²) in [4.78, 5) is 0. The van der Waals surface area contributed by atoms with E-state index in [1.54, 1.807) is 0 Å². The predicted octanol–water partition coefficient (Wildman–Crippen LogP) is 3.78. The molecule has 0 radical (unpaired) electrons. The molecule has 0 amide bonds. The van der Waals surface area contributed by atoms with Crippen LogP contribution in [0.5, 0.6) is 0 Å². The number of benzene rings is 1. The summed E-state index contributed by atoms with van der Waals surface area (Å²) >= 11 is 1.49. The molecule has 2 aromatic rings. The highest BCUT2D eigenvalue weighted by molar-refractivity contribution is 7.08. The molecular weight excluding hydrogens is 235 g/mol. The lowest BCUT2D eigenvalue weighted by Gasteiger charge is -2.06. The maximum absolute atomic E-state index is 13.2. The molecule has 0 unspecified atom stereocenters. The number of nitrogens with one attached hydrogen (secondary N) is 1. The van der Waals surface area contributed by atoms with Crippen LogP contribution in [0.4, 0.5) is 18.9 Å². The van der Waals surface area contributed by atoms with Gasteiger partial charge < -0.3 is 5.32 Å². The number of hydrogen-bond acceptors (Lipinski definition) is 2. The average Bonchev–Trinajstić information content (AvgIpc) is 2.74. The summed E-state index contributed by atoms with van der Waals surface area (Å²) in [6, 6.07) is 3.24. The van der Waals surface area contributed by atoms with E-state index in [1.807, 2.05) is 16.8 Å². The van der Waals surface area contributed by atoms with Crippen molar-refractivity contribution in [2.24, 2.45) is 0 Å². The third kappa shape index (κ3) is 2.36. The van der Waals surface area contributed by atoms with Crippen molar-refractivity contribution in [3.63, 3.8) is 0 Å². The first-order chi connectivity index (χ1) is 7.66. The third-order valence-electron chi connectivity index (χ3n) is 2.09. The highest BCUT2D eigenvalue weighted by atomic mass is 32.1. The summed E-state index contributed by atoms with van der Waals surface area (Å²) < 4.78 is 38.7. The maximum atomic E-state index is 13.2. The fourth-order valence-electron chi connectivity index (χ4n) is 1.26. The Morgan fingerprint density at radius 2 is 1.81 bits per heavy atom. The molecular formula is C11H8F3NS. The summed E-state index contributed by atoms with van der Waals surface area (Å²) in [6.45, 7) is 0.125. The Bertz CT molecular complexity index is 482. The largest absolute Gasteiger partial charge is 0.380 e. The van der Waals surface area contributed by atoms with Crippen LogP contribution in [-0.2, 0) is 6.54 Å². The SMILES string of the molecule is Fc1cc(F)c(CNc2ccsc2)cc1F. The first kappa shape index (κ1) is 11.0. The minimum absolute atomic E-state index is 0.102. The van der Waals surface area contributed by atoms with Crippen LogP contribution in [-0.4, -0.2) is 0 Å². The summed E-state index contributed by atoms with van der Waals surface area (Å²) in [5.74, 6) is -2.96. The topological polar surface area (TPSA) is 12.0 Å². The van der Waals surface area contributed by atoms with Crippen LogP contribution >= 0.6 is 11.3 Å². The number of rotatable bonds is 3. The molecule has 84 valence electrons. The summed E-state index contributed by atoms with van der Waals surface area (Å²) in [5.41, 5.74) is 0.930. The van der Waals surface area contributed by atoms with E-state index in [0.717, 1.165) is 11.8 Å². The zero-order chi connectivity index (χ0) is 11.5. The first-order valence-electron chi connectivity index (χ1n) is 4.56. The van der Waals surface area contributed by atoms with Crippen molar-refractivity contribution in [2.45, 2.75) is 6.54 Å². The van der Waals surface area contributed by atoms with Crippen molar-refractivity contribution in [2.75, 3.05) is 5.32 Å². The minimum atomic E-state index is -1.17. The molecule has 0 bridgehead atoms. The zero-order valence-corrected chi connectivity index (χ0v) is 8.95. The second-order valence-electron chi connectivity index (χ2n) is 3.22. The second kappa shape index (κ2) is 4.57. The molecule has 16 heavy (non-hydrogen) atoms. The molecule has 0 spiro atoms. The first-order valence-corrected chi connectivity index (χ1v) is 5.50. The van der Waals surface area contributed by atoms with E-state index < -0.39 is 17.5 Å². The normalized spacial score (nSPS) is 10.4. The Balaban J connectivity index is 2.12. The molecule has 1 N–H and O–H groups in total. The van der Waals surface area contributed by atoms with Crippen molar-refractivity contribution in [1.29, 1.82) is 0 Å². The van der Waals surface area contributed by atoms with Crippen LogP contribution in [0.2, 0.25) is 0 Å². The van der Waals surface area contributed by atoms with Gasteiger partial charge in [-0.3, -0.25) is 0 Å². The Labute approximate surface area is 94.5 Å². The summed E-state index contributed by atoms with van der Waals surface area (Å²) in [6.07, 6.45) is 0. The van der Waals surface area contributed by atoms with Gasteiger partial charge in [0.25, 0.3) is 0 Å². The molecule has 1 aromatic carbocycles. The molecule has 0 atom stereocenters. The minimum Gasteiger partial charge on any atom is -0.380 e. The van der Waals surface area contributed by atoms with Gasteiger partial charge in [0.2, 0.25) is 0 Å². The number of hydrogen-bond donors (Lipinski definition) is 1. The van der Waals surface area contributed by atoms with Gasteiger partial charge in [-0.05, 0) is 17.5 Å². The van der Waals surface area contributed by atoms with E-state index in [9.17, 15) is 13.2 Å². The van der Waals surface area contributed by atoms with Crippen molar-refractivity contribution in [3.05, 3.63) is 52.0 Å². The van der Waals surface area contributed by atoms with Crippen LogP contribution in [0.25, 0.3) is 0 Å². The number of halogens is 3. The van der Waals surface area contributed by atoms with E-state index >= 15 is 0 Å². The van der Waals surface area contributed by atoms with Crippen LogP contribution in [0, 0.1) is 17.5 Å². The van der Waals surface area contributed by atoms with Gasteiger partial charge in [0.1, 0.15) is 5.82 Å². The number of thiophene rings is 1. The van der Waals surface area contributed by atoms with Crippen LogP contribution in [0.3, 0.4) is 0 Å². The average molecular weight is 243 g/mol. The molecule has 0 fully saturated rings. The van der Waals surface area contributed by atoms with E-state index in [0.29, 0.717) is 6.07 Å². The predicted molar refractivity (Wildman–Crippen MR) is 58.0 cm³/mol. The van der Waals surface area contributed by atoms with Gasteiger partial charge in [-0.15, -0.1) is 0 Å². The molecule has 0 saturated heterocycles. The maximum Gasteiger partial charge on any atom is 0.161 e. The smallest absolute Gasteiger partial charge is 0.161 e. The fourth-order valence-corrected chi connectivity index (χ4v) is 1.87. The molecule has 1 heterocycles. The van der Waals surface area contributed by atoms with E-state index in [-0.39, 0.29) is 12.1 Å². The van der Waals surface area contributed by atoms with Crippen LogP contribution in [0.1, 0.15) is 5.56 Å². The van der Waals surface area contributed by atoms with Crippen molar-refractivity contribution in [3.8, 4) is 0 Å². The third-order valence-corrected chi connectivity index (χ3v) is 2.78. The van der Waals surface area contributed by atoms with Crippen molar-refractivity contribution in [1.82, 2.24) is 0 Å². The summed E-state index contributed by atoms with van der Waals surface area (Å²) in [5, 5.41) is 6.62. The van der Waals surface area contributed by atoms with Gasteiger partial charge in [-0.1, -0.05) is 0 Å². The van der Waals surface area contributed by atoms with Gasteiger partial charge in [0.05, 0.1) is 0 Å². The molecule has 0 aliphatic heterocycles. The highest BCUT2D eigenvalue weighted by Gasteiger charge is 2.09. The second-order valence-corrected chi connectivity index (χ2v) is 4.00. The highest BCUT2D eigenvalue weighted by Crippen LogP contribution is 2.17. The van der Waals surface area contributed by atoms with E-state index in [2.05, 4.69) is 5.32 Å². The molecule has 5 heteroatoms. The summed E-state index contributed by atoms with van der Waals surface area (Å²) in [7, 11) is 0. The Morgan fingerprint density at radius 3 is 2.50 bits per heavy atom. The van der Waals surface area contributed by atoms with Gasteiger partial charge in [-0.2, -0.15) is 11.3 Å². The molecule has 0 aliphatic rings. The Morgan fingerprint density at radius 1 is 1.06 bits per heavy atom. The quantitative estimate of drug-likeness (QED) is 0.809. The van der Waals surface area contributed by atoms with Gasteiger partial charge in [0.15, 0.2) is 11.6 Å². The Hall–Kier alpha value is -1.49. The zero-order valence-electron chi connectivity index (χ0n) is 8.14. The molecule has 2 rings (SSSR count).